The number of aromatic nitrogens is 2. The molecule has 0 aliphatic carbocycles. The predicted molar refractivity (Wildman–Crippen MR) is 78.1 cm³/mol. The molecule has 6 nitrogen and oxygen atoms in total. The number of aryl methyl sites for hydroxylation is 2. The Hall–Kier alpha value is -0.920. The summed E-state index contributed by atoms with van der Waals surface area (Å²) in [4.78, 5) is 0.326. The van der Waals surface area contributed by atoms with E-state index in [0.717, 1.165) is 5.69 Å². The molecule has 0 radical (unpaired) electrons. The third-order valence-electron chi connectivity index (χ3n) is 3.28. The Morgan fingerprint density at radius 2 is 1.85 bits per heavy atom. The summed E-state index contributed by atoms with van der Waals surface area (Å²) < 4.78 is 28.7. The fourth-order valence-corrected chi connectivity index (χ4v) is 4.42. The van der Waals surface area contributed by atoms with Crippen LogP contribution in [0.1, 0.15) is 38.6 Å². The van der Waals surface area contributed by atoms with Gasteiger partial charge >= 0.3 is 0 Å². The normalized spacial score (nSPS) is 12.3. The summed E-state index contributed by atoms with van der Waals surface area (Å²) in [5.74, 6) is 0. The van der Waals surface area contributed by atoms with Crippen LogP contribution in [0.2, 0.25) is 0 Å². The van der Waals surface area contributed by atoms with Gasteiger partial charge in [-0.1, -0.05) is 20.8 Å². The summed E-state index contributed by atoms with van der Waals surface area (Å²) in [5.41, 5.74) is 1.32. The van der Waals surface area contributed by atoms with Crippen molar-refractivity contribution in [3.63, 3.8) is 0 Å². The van der Waals surface area contributed by atoms with Crippen LogP contribution in [-0.2, 0) is 29.9 Å². The largest absolute Gasteiger partial charge is 0.395 e. The van der Waals surface area contributed by atoms with Gasteiger partial charge in [-0.25, -0.2) is 8.42 Å². The van der Waals surface area contributed by atoms with Crippen molar-refractivity contribution in [2.45, 2.75) is 44.9 Å². The number of hydrogen-bond donors (Lipinski definition) is 1. The molecule has 0 bridgehead atoms. The summed E-state index contributed by atoms with van der Waals surface area (Å²) in [6.07, 6.45) is 1.89. The zero-order chi connectivity index (χ0) is 15.3. The smallest absolute Gasteiger partial charge is 0.246 e. The lowest BCUT2D eigenvalue weighted by molar-refractivity contribution is 0.253. The van der Waals surface area contributed by atoms with Gasteiger partial charge in [0.2, 0.25) is 10.0 Å². The van der Waals surface area contributed by atoms with Gasteiger partial charge in [0.15, 0.2) is 0 Å². The number of sulfonamides is 1. The minimum atomic E-state index is -3.60. The molecular weight excluding hydrogens is 278 g/mol. The van der Waals surface area contributed by atoms with Crippen molar-refractivity contribution in [3.05, 3.63) is 11.4 Å². The molecule has 0 fully saturated rings. The minimum absolute atomic E-state index is 0.122. The molecule has 7 heteroatoms. The van der Waals surface area contributed by atoms with Crippen molar-refractivity contribution in [1.29, 1.82) is 0 Å². The van der Waals surface area contributed by atoms with E-state index in [1.54, 1.807) is 11.7 Å². The highest BCUT2D eigenvalue weighted by atomic mass is 32.2. The first-order chi connectivity index (χ1) is 9.43. The van der Waals surface area contributed by atoms with Crippen molar-refractivity contribution in [1.82, 2.24) is 14.1 Å². The van der Waals surface area contributed by atoms with Crippen LogP contribution < -0.4 is 0 Å². The second-order valence-corrected chi connectivity index (χ2v) is 6.56. The van der Waals surface area contributed by atoms with Crippen molar-refractivity contribution in [3.8, 4) is 0 Å². The molecule has 0 spiro atoms. The SMILES string of the molecule is CCCN(CCO)S(=O)(=O)c1c(CC)nn(C)c1CC. The maximum absolute atomic E-state index is 12.8. The van der Waals surface area contributed by atoms with Gasteiger partial charge in [-0.15, -0.1) is 0 Å². The van der Waals surface area contributed by atoms with Gasteiger partial charge in [0.25, 0.3) is 0 Å². The van der Waals surface area contributed by atoms with Crippen LogP contribution in [0.5, 0.6) is 0 Å². The Labute approximate surface area is 121 Å². The average molecular weight is 303 g/mol. The van der Waals surface area contributed by atoms with Gasteiger partial charge < -0.3 is 5.11 Å². The van der Waals surface area contributed by atoms with Crippen LogP contribution in [0.15, 0.2) is 4.90 Å². The molecule has 0 saturated carbocycles. The standard InChI is InChI=1S/C13H25N3O3S/c1-5-8-16(9-10-17)20(18,19)13-11(6-2)14-15(4)12(13)7-3/h17H,5-10H2,1-4H3. The van der Waals surface area contributed by atoms with Crippen LogP contribution >= 0.6 is 0 Å². The fraction of sp³-hybridized carbons (Fsp3) is 0.769. The molecule has 0 unspecified atom stereocenters. The molecule has 1 N–H and O–H groups in total. The maximum Gasteiger partial charge on any atom is 0.246 e. The maximum atomic E-state index is 12.8. The molecule has 0 saturated heterocycles. The second-order valence-electron chi connectivity index (χ2n) is 4.68. The summed E-state index contributed by atoms with van der Waals surface area (Å²) in [5, 5.41) is 13.4. The van der Waals surface area contributed by atoms with E-state index in [-0.39, 0.29) is 13.2 Å². The van der Waals surface area contributed by atoms with Crippen molar-refractivity contribution in [2.24, 2.45) is 7.05 Å². The monoisotopic (exact) mass is 303 g/mol. The van der Waals surface area contributed by atoms with E-state index >= 15 is 0 Å². The highest BCUT2D eigenvalue weighted by Crippen LogP contribution is 2.25. The molecule has 1 aromatic heterocycles. The minimum Gasteiger partial charge on any atom is -0.395 e. The van der Waals surface area contributed by atoms with Gasteiger partial charge in [-0.05, 0) is 19.3 Å². The van der Waals surface area contributed by atoms with Gasteiger partial charge in [0, 0.05) is 20.1 Å². The zero-order valence-electron chi connectivity index (χ0n) is 12.8. The molecular formula is C13H25N3O3S. The molecule has 0 aliphatic heterocycles. The number of rotatable bonds is 8. The van der Waals surface area contributed by atoms with E-state index in [0.29, 0.717) is 36.4 Å². The Kier molecular flexibility index (Phi) is 6.16. The van der Waals surface area contributed by atoms with E-state index < -0.39 is 10.0 Å². The van der Waals surface area contributed by atoms with E-state index in [2.05, 4.69) is 5.10 Å². The van der Waals surface area contributed by atoms with Crippen LogP contribution in [0.3, 0.4) is 0 Å². The van der Waals surface area contributed by atoms with Gasteiger partial charge in [-0.3, -0.25) is 4.68 Å². The Morgan fingerprint density at radius 1 is 1.20 bits per heavy atom. The molecule has 0 aromatic carbocycles. The molecule has 0 aliphatic rings. The van der Waals surface area contributed by atoms with Gasteiger partial charge in [0.1, 0.15) is 4.90 Å². The highest BCUT2D eigenvalue weighted by Gasteiger charge is 2.31. The summed E-state index contributed by atoms with van der Waals surface area (Å²) in [6.45, 7) is 6.09. The summed E-state index contributed by atoms with van der Waals surface area (Å²) in [7, 11) is -1.83. The quantitative estimate of drug-likeness (QED) is 0.775. The molecule has 0 amide bonds. The zero-order valence-corrected chi connectivity index (χ0v) is 13.6. The lowest BCUT2D eigenvalue weighted by atomic mass is 10.2. The van der Waals surface area contributed by atoms with Crippen molar-refractivity contribution >= 4 is 10.0 Å². The Morgan fingerprint density at radius 3 is 2.30 bits per heavy atom. The molecule has 0 atom stereocenters. The second kappa shape index (κ2) is 7.19. The Bertz CT molecular complexity index is 531. The summed E-state index contributed by atoms with van der Waals surface area (Å²) in [6, 6.07) is 0. The third kappa shape index (κ3) is 3.21. The molecule has 116 valence electrons. The van der Waals surface area contributed by atoms with Crippen molar-refractivity contribution < 1.29 is 13.5 Å². The lowest BCUT2D eigenvalue weighted by Crippen LogP contribution is -2.35. The first-order valence-electron chi connectivity index (χ1n) is 7.09. The molecule has 20 heavy (non-hydrogen) atoms. The number of nitrogens with zero attached hydrogens (tertiary/aromatic N) is 3. The van der Waals surface area contributed by atoms with Gasteiger partial charge in [-0.2, -0.15) is 9.40 Å². The van der Waals surface area contributed by atoms with E-state index in [4.69, 9.17) is 5.11 Å². The first kappa shape index (κ1) is 17.1. The van der Waals surface area contributed by atoms with Crippen LogP contribution in [0.25, 0.3) is 0 Å². The molecule has 1 heterocycles. The highest BCUT2D eigenvalue weighted by molar-refractivity contribution is 7.89. The first-order valence-corrected chi connectivity index (χ1v) is 8.53. The van der Waals surface area contributed by atoms with E-state index in [1.807, 2.05) is 20.8 Å². The number of aliphatic hydroxyl groups excluding tert-OH is 1. The lowest BCUT2D eigenvalue weighted by Gasteiger charge is -2.21. The van der Waals surface area contributed by atoms with Crippen LogP contribution in [0.4, 0.5) is 0 Å². The Balaban J connectivity index is 3.39. The molecule has 1 rings (SSSR count). The molecule has 1 aromatic rings. The number of hydrogen-bond acceptors (Lipinski definition) is 4. The predicted octanol–water partition coefficient (Wildman–Crippen LogP) is 0.938. The third-order valence-corrected chi connectivity index (χ3v) is 5.31. The van der Waals surface area contributed by atoms with Gasteiger partial charge in [0.05, 0.1) is 18.0 Å². The van der Waals surface area contributed by atoms with E-state index in [1.165, 1.54) is 4.31 Å². The van der Waals surface area contributed by atoms with E-state index in [9.17, 15) is 8.42 Å². The summed E-state index contributed by atoms with van der Waals surface area (Å²) >= 11 is 0. The average Bonchev–Trinajstić information content (AvgIpc) is 2.75. The van der Waals surface area contributed by atoms with Crippen molar-refractivity contribution in [2.75, 3.05) is 19.7 Å². The van der Waals surface area contributed by atoms with Crippen LogP contribution in [-0.4, -0.2) is 47.3 Å². The topological polar surface area (TPSA) is 75.4 Å². The number of aliphatic hydroxyl groups is 1. The fourth-order valence-electron chi connectivity index (χ4n) is 2.36. The van der Waals surface area contributed by atoms with Crippen LogP contribution in [0, 0.1) is 0 Å².